The third-order valence-electron chi connectivity index (χ3n) is 2.11. The Hall–Kier alpha value is -0.930. The largest absolute Gasteiger partial charge is 0.393 e. The van der Waals surface area contributed by atoms with Crippen LogP contribution < -0.4 is 0 Å². The van der Waals surface area contributed by atoms with E-state index in [-0.39, 0.29) is 5.82 Å². The Morgan fingerprint density at radius 3 is 2.21 bits per heavy atom. The number of halogens is 1. The summed E-state index contributed by atoms with van der Waals surface area (Å²) in [4.78, 5) is 0. The average Bonchev–Trinajstić information content (AvgIpc) is 2.15. The zero-order valence-corrected chi connectivity index (χ0v) is 8.15. The maximum absolute atomic E-state index is 12.5. The second-order valence-corrected chi connectivity index (χ2v) is 3.49. The van der Waals surface area contributed by atoms with Crippen molar-refractivity contribution in [3.63, 3.8) is 0 Å². The molecule has 0 fully saturated rings. The summed E-state index contributed by atoms with van der Waals surface area (Å²) in [6.07, 6.45) is -0.00253. The fourth-order valence-corrected chi connectivity index (χ4v) is 1.25. The van der Waals surface area contributed by atoms with Gasteiger partial charge in [0.1, 0.15) is 5.82 Å². The molecule has 0 amide bonds. The number of hydrogen-bond donors (Lipinski definition) is 2. The number of hydrogen-bond acceptors (Lipinski definition) is 2. The van der Waals surface area contributed by atoms with E-state index in [9.17, 15) is 9.50 Å². The number of aliphatic hydroxyl groups excluding tert-OH is 2. The van der Waals surface area contributed by atoms with Crippen molar-refractivity contribution < 1.29 is 14.6 Å². The first-order valence-electron chi connectivity index (χ1n) is 4.71. The molecule has 0 heterocycles. The van der Waals surface area contributed by atoms with Crippen LogP contribution in [0.4, 0.5) is 4.39 Å². The second-order valence-electron chi connectivity index (χ2n) is 3.49. The molecule has 0 spiro atoms. The van der Waals surface area contributed by atoms with Gasteiger partial charge in [0.05, 0.1) is 12.2 Å². The van der Waals surface area contributed by atoms with E-state index in [0.717, 1.165) is 0 Å². The minimum absolute atomic E-state index is 0.309. The highest BCUT2D eigenvalue weighted by Gasteiger charge is 2.08. The van der Waals surface area contributed by atoms with Gasteiger partial charge in [-0.15, -0.1) is 0 Å². The zero-order chi connectivity index (χ0) is 10.6. The lowest BCUT2D eigenvalue weighted by atomic mass is 10.0. The average molecular weight is 198 g/mol. The fraction of sp³-hybridized carbons (Fsp3) is 0.455. The summed E-state index contributed by atoms with van der Waals surface area (Å²) in [6.45, 7) is 1.68. The molecule has 2 unspecified atom stereocenters. The molecule has 2 N–H and O–H groups in total. The molecule has 1 rings (SSSR count). The van der Waals surface area contributed by atoms with Gasteiger partial charge in [0.15, 0.2) is 0 Å². The highest BCUT2D eigenvalue weighted by molar-refractivity contribution is 5.18. The number of aliphatic hydroxyl groups is 2. The van der Waals surface area contributed by atoms with Crippen molar-refractivity contribution in [2.24, 2.45) is 0 Å². The Labute approximate surface area is 83.0 Å². The van der Waals surface area contributed by atoms with Crippen LogP contribution in [0.1, 0.15) is 31.4 Å². The summed E-state index contributed by atoms with van der Waals surface area (Å²) in [6, 6.07) is 5.76. The van der Waals surface area contributed by atoms with Crippen LogP contribution in [0.3, 0.4) is 0 Å². The lowest BCUT2D eigenvalue weighted by Crippen LogP contribution is -2.04. The molecular formula is C11H15FO2. The van der Waals surface area contributed by atoms with Crippen molar-refractivity contribution in [3.05, 3.63) is 35.6 Å². The Morgan fingerprint density at radius 2 is 1.71 bits per heavy atom. The van der Waals surface area contributed by atoms with Crippen molar-refractivity contribution in [3.8, 4) is 0 Å². The molecule has 2 atom stereocenters. The SMILES string of the molecule is CC(O)CCC(O)c1ccc(F)cc1. The normalized spacial score (nSPS) is 15.1. The molecule has 0 radical (unpaired) electrons. The van der Waals surface area contributed by atoms with Gasteiger partial charge in [-0.3, -0.25) is 0 Å². The molecule has 0 aliphatic carbocycles. The molecule has 78 valence electrons. The molecule has 0 bridgehead atoms. The van der Waals surface area contributed by atoms with Crippen LogP contribution in [0, 0.1) is 5.82 Å². The van der Waals surface area contributed by atoms with E-state index in [1.165, 1.54) is 12.1 Å². The van der Waals surface area contributed by atoms with E-state index in [1.54, 1.807) is 19.1 Å². The molecule has 0 aromatic heterocycles. The van der Waals surface area contributed by atoms with Crippen LogP contribution in [-0.2, 0) is 0 Å². The van der Waals surface area contributed by atoms with Gasteiger partial charge in [-0.25, -0.2) is 4.39 Å². The van der Waals surface area contributed by atoms with Gasteiger partial charge in [-0.1, -0.05) is 12.1 Å². The van der Waals surface area contributed by atoms with Gasteiger partial charge in [-0.2, -0.15) is 0 Å². The van der Waals surface area contributed by atoms with E-state index in [1.807, 2.05) is 0 Å². The lowest BCUT2D eigenvalue weighted by Gasteiger charge is -2.11. The Bertz CT molecular complexity index is 269. The topological polar surface area (TPSA) is 40.5 Å². The number of benzene rings is 1. The van der Waals surface area contributed by atoms with Crippen LogP contribution in [0.5, 0.6) is 0 Å². The minimum Gasteiger partial charge on any atom is -0.393 e. The smallest absolute Gasteiger partial charge is 0.123 e. The summed E-state index contributed by atoms with van der Waals surface area (Å²) >= 11 is 0. The van der Waals surface area contributed by atoms with Gasteiger partial charge >= 0.3 is 0 Å². The van der Waals surface area contributed by atoms with Gasteiger partial charge in [0, 0.05) is 0 Å². The Morgan fingerprint density at radius 1 is 1.14 bits per heavy atom. The van der Waals surface area contributed by atoms with E-state index in [2.05, 4.69) is 0 Å². The predicted octanol–water partition coefficient (Wildman–Crippen LogP) is 2.02. The maximum atomic E-state index is 12.5. The summed E-state index contributed by atoms with van der Waals surface area (Å²) in [5.74, 6) is -0.309. The first-order chi connectivity index (χ1) is 6.59. The molecule has 0 saturated carbocycles. The highest BCUT2D eigenvalue weighted by Crippen LogP contribution is 2.19. The van der Waals surface area contributed by atoms with E-state index >= 15 is 0 Å². The van der Waals surface area contributed by atoms with E-state index in [0.29, 0.717) is 18.4 Å². The van der Waals surface area contributed by atoms with Crippen LogP contribution in [0.15, 0.2) is 24.3 Å². The van der Waals surface area contributed by atoms with Gasteiger partial charge in [-0.05, 0) is 37.5 Å². The van der Waals surface area contributed by atoms with Crippen LogP contribution >= 0.6 is 0 Å². The third kappa shape index (κ3) is 3.44. The van der Waals surface area contributed by atoms with E-state index in [4.69, 9.17) is 5.11 Å². The fourth-order valence-electron chi connectivity index (χ4n) is 1.25. The lowest BCUT2D eigenvalue weighted by molar-refractivity contribution is 0.123. The van der Waals surface area contributed by atoms with E-state index < -0.39 is 12.2 Å². The molecule has 0 aliphatic heterocycles. The maximum Gasteiger partial charge on any atom is 0.123 e. The Kier molecular flexibility index (Phi) is 4.04. The Balaban J connectivity index is 2.52. The van der Waals surface area contributed by atoms with Gasteiger partial charge in [0.25, 0.3) is 0 Å². The molecule has 3 heteroatoms. The summed E-state index contributed by atoms with van der Waals surface area (Å²) in [5, 5.41) is 18.6. The van der Waals surface area contributed by atoms with Crippen molar-refractivity contribution in [1.82, 2.24) is 0 Å². The van der Waals surface area contributed by atoms with Crippen molar-refractivity contribution in [2.45, 2.75) is 32.0 Å². The summed E-state index contributed by atoms with van der Waals surface area (Å²) < 4.78 is 12.5. The zero-order valence-electron chi connectivity index (χ0n) is 8.15. The monoisotopic (exact) mass is 198 g/mol. The molecule has 2 nitrogen and oxygen atoms in total. The summed E-state index contributed by atoms with van der Waals surface area (Å²) in [7, 11) is 0. The van der Waals surface area contributed by atoms with Gasteiger partial charge in [0.2, 0.25) is 0 Å². The molecule has 0 aliphatic rings. The first-order valence-corrected chi connectivity index (χ1v) is 4.71. The van der Waals surface area contributed by atoms with Crippen LogP contribution in [-0.4, -0.2) is 16.3 Å². The van der Waals surface area contributed by atoms with Crippen molar-refractivity contribution in [2.75, 3.05) is 0 Å². The van der Waals surface area contributed by atoms with Gasteiger partial charge < -0.3 is 10.2 Å². The van der Waals surface area contributed by atoms with Crippen LogP contribution in [0.25, 0.3) is 0 Å². The third-order valence-corrected chi connectivity index (χ3v) is 2.11. The quantitative estimate of drug-likeness (QED) is 0.777. The minimum atomic E-state index is -0.620. The summed E-state index contributed by atoms with van der Waals surface area (Å²) in [5.41, 5.74) is 0.687. The van der Waals surface area contributed by atoms with Crippen LogP contribution in [0.2, 0.25) is 0 Å². The van der Waals surface area contributed by atoms with Crippen molar-refractivity contribution >= 4 is 0 Å². The standard InChI is InChI=1S/C11H15FO2/c1-8(13)2-7-11(14)9-3-5-10(12)6-4-9/h3-6,8,11,13-14H,2,7H2,1H3. The first kappa shape index (κ1) is 11.1. The molecular weight excluding hydrogens is 183 g/mol. The molecule has 1 aromatic rings. The predicted molar refractivity (Wildman–Crippen MR) is 52.3 cm³/mol. The second kappa shape index (κ2) is 5.08. The molecule has 14 heavy (non-hydrogen) atoms. The molecule has 0 saturated heterocycles. The highest BCUT2D eigenvalue weighted by atomic mass is 19.1. The molecule has 1 aromatic carbocycles. The number of rotatable bonds is 4. The van der Waals surface area contributed by atoms with Crippen molar-refractivity contribution in [1.29, 1.82) is 0 Å².